The maximum atomic E-state index is 12.1. The molecule has 0 spiro atoms. The Morgan fingerprint density at radius 1 is 1.26 bits per heavy atom. The first-order valence-electron chi connectivity index (χ1n) is 7.93. The molecule has 0 aliphatic heterocycles. The maximum absolute atomic E-state index is 12.1. The van der Waals surface area contributed by atoms with E-state index in [-0.39, 0.29) is 18.9 Å². The summed E-state index contributed by atoms with van der Waals surface area (Å²) in [6, 6.07) is 11.9. The highest BCUT2D eigenvalue weighted by Crippen LogP contribution is 2.19. The molecule has 2 heterocycles. The molecule has 3 rings (SSSR count). The molecule has 0 unspecified atom stereocenters. The van der Waals surface area contributed by atoms with Crippen LogP contribution in [0.15, 0.2) is 53.2 Å². The van der Waals surface area contributed by atoms with Crippen molar-refractivity contribution in [2.75, 3.05) is 11.9 Å². The van der Waals surface area contributed by atoms with Gasteiger partial charge in [0.15, 0.2) is 5.76 Å². The van der Waals surface area contributed by atoms with E-state index in [2.05, 4.69) is 20.8 Å². The summed E-state index contributed by atoms with van der Waals surface area (Å²) < 4.78 is 11.0. The molecule has 0 bridgehead atoms. The number of carbonyl (C=O) groups excluding carboxylic acids is 2. The van der Waals surface area contributed by atoms with E-state index in [0.717, 1.165) is 0 Å². The zero-order chi connectivity index (χ0) is 19.1. The zero-order valence-corrected chi connectivity index (χ0v) is 14.1. The van der Waals surface area contributed by atoms with Gasteiger partial charge in [-0.15, -0.1) is 0 Å². The van der Waals surface area contributed by atoms with Crippen LogP contribution in [-0.2, 0) is 11.4 Å². The van der Waals surface area contributed by atoms with Crippen LogP contribution in [0.2, 0.25) is 0 Å². The standard InChI is InChI=1S/C18H15N5O4/c19-7-12-3-1-2-4-15(12)26-11-14-5-6-16(27-14)18(25)20-10-17(24)23-13-8-21-22-9-13/h1-6,8-9H,10-11H2,(H,20,25)(H,21,22)(H,23,24). The number of carbonyl (C=O) groups is 2. The Morgan fingerprint density at radius 2 is 2.11 bits per heavy atom. The predicted molar refractivity (Wildman–Crippen MR) is 93.7 cm³/mol. The van der Waals surface area contributed by atoms with Crippen molar-refractivity contribution in [3.8, 4) is 11.8 Å². The lowest BCUT2D eigenvalue weighted by Crippen LogP contribution is -2.32. The number of H-pyrrole nitrogens is 1. The van der Waals surface area contributed by atoms with Crippen LogP contribution in [0.25, 0.3) is 0 Å². The Hall–Kier alpha value is -4.06. The molecule has 2 aromatic heterocycles. The van der Waals surface area contributed by atoms with Crippen LogP contribution in [0.4, 0.5) is 5.69 Å². The van der Waals surface area contributed by atoms with Gasteiger partial charge in [-0.25, -0.2) is 0 Å². The highest BCUT2D eigenvalue weighted by atomic mass is 16.5. The number of hydrogen-bond acceptors (Lipinski definition) is 6. The average Bonchev–Trinajstić information content (AvgIpc) is 3.36. The van der Waals surface area contributed by atoms with Crippen LogP contribution in [0.5, 0.6) is 5.75 Å². The van der Waals surface area contributed by atoms with Gasteiger partial charge in [0, 0.05) is 6.20 Å². The number of furan rings is 1. The number of para-hydroxylation sites is 1. The molecule has 0 saturated carbocycles. The molecular weight excluding hydrogens is 350 g/mol. The molecule has 0 radical (unpaired) electrons. The first-order chi connectivity index (χ1) is 13.2. The first-order valence-corrected chi connectivity index (χ1v) is 7.93. The second-order valence-electron chi connectivity index (χ2n) is 5.38. The first kappa shape index (κ1) is 17.8. The van der Waals surface area contributed by atoms with Crippen LogP contribution in [-0.4, -0.2) is 28.6 Å². The highest BCUT2D eigenvalue weighted by Gasteiger charge is 2.13. The molecule has 0 atom stereocenters. The lowest BCUT2D eigenvalue weighted by atomic mass is 10.2. The predicted octanol–water partition coefficient (Wildman–Crippen LogP) is 1.82. The summed E-state index contributed by atoms with van der Waals surface area (Å²) in [6.45, 7) is -0.154. The van der Waals surface area contributed by atoms with Crippen molar-refractivity contribution < 1.29 is 18.7 Å². The van der Waals surface area contributed by atoms with E-state index in [0.29, 0.717) is 22.8 Å². The molecule has 27 heavy (non-hydrogen) atoms. The van der Waals surface area contributed by atoms with Gasteiger partial charge in [-0.2, -0.15) is 10.4 Å². The smallest absolute Gasteiger partial charge is 0.287 e. The Bertz CT molecular complexity index is 972. The molecule has 3 aromatic rings. The molecule has 2 amide bonds. The van der Waals surface area contributed by atoms with E-state index in [1.807, 2.05) is 6.07 Å². The summed E-state index contributed by atoms with van der Waals surface area (Å²) >= 11 is 0. The minimum Gasteiger partial charge on any atom is -0.484 e. The zero-order valence-electron chi connectivity index (χ0n) is 14.1. The van der Waals surface area contributed by atoms with Crippen LogP contribution >= 0.6 is 0 Å². The van der Waals surface area contributed by atoms with Crippen LogP contribution in [0.1, 0.15) is 21.9 Å². The number of nitrogens with zero attached hydrogens (tertiary/aromatic N) is 2. The molecule has 0 fully saturated rings. The normalized spacial score (nSPS) is 10.0. The summed E-state index contributed by atoms with van der Waals surface area (Å²) in [7, 11) is 0. The monoisotopic (exact) mass is 365 g/mol. The van der Waals surface area contributed by atoms with E-state index in [1.165, 1.54) is 18.5 Å². The SMILES string of the molecule is N#Cc1ccccc1OCc1ccc(C(=O)NCC(=O)Nc2cn[nH]c2)o1. The molecule has 0 aliphatic carbocycles. The fourth-order valence-electron chi connectivity index (χ4n) is 2.18. The summed E-state index contributed by atoms with van der Waals surface area (Å²) in [5, 5.41) is 20.3. The molecule has 0 saturated heterocycles. The number of ether oxygens (including phenoxy) is 1. The van der Waals surface area contributed by atoms with Crippen molar-refractivity contribution in [3.05, 3.63) is 65.9 Å². The van der Waals surface area contributed by atoms with E-state index in [1.54, 1.807) is 30.3 Å². The van der Waals surface area contributed by atoms with Crippen molar-refractivity contribution in [2.24, 2.45) is 0 Å². The van der Waals surface area contributed by atoms with Gasteiger partial charge >= 0.3 is 0 Å². The van der Waals surface area contributed by atoms with Gasteiger partial charge < -0.3 is 19.8 Å². The van der Waals surface area contributed by atoms with E-state index >= 15 is 0 Å². The van der Waals surface area contributed by atoms with Crippen molar-refractivity contribution in [1.82, 2.24) is 15.5 Å². The van der Waals surface area contributed by atoms with E-state index < -0.39 is 11.8 Å². The van der Waals surface area contributed by atoms with Crippen LogP contribution in [0, 0.1) is 11.3 Å². The van der Waals surface area contributed by atoms with Gasteiger partial charge in [0.05, 0.1) is 24.0 Å². The Balaban J connectivity index is 1.50. The van der Waals surface area contributed by atoms with Crippen LogP contribution < -0.4 is 15.4 Å². The highest BCUT2D eigenvalue weighted by molar-refractivity contribution is 5.97. The van der Waals surface area contributed by atoms with Crippen molar-refractivity contribution in [2.45, 2.75) is 6.61 Å². The number of aromatic nitrogens is 2. The molecule has 9 nitrogen and oxygen atoms in total. The number of nitrogens with one attached hydrogen (secondary N) is 3. The van der Waals surface area contributed by atoms with Gasteiger partial charge in [-0.1, -0.05) is 12.1 Å². The molecule has 9 heteroatoms. The summed E-state index contributed by atoms with van der Waals surface area (Å²) in [5.41, 5.74) is 0.912. The van der Waals surface area contributed by atoms with Crippen molar-refractivity contribution in [3.63, 3.8) is 0 Å². The minimum absolute atomic E-state index is 0.0540. The number of anilines is 1. The molecule has 136 valence electrons. The number of benzene rings is 1. The summed E-state index contributed by atoms with van der Waals surface area (Å²) in [5.74, 6) is -0.0265. The van der Waals surface area contributed by atoms with Crippen molar-refractivity contribution in [1.29, 1.82) is 5.26 Å². The van der Waals surface area contributed by atoms with E-state index in [9.17, 15) is 9.59 Å². The lowest BCUT2D eigenvalue weighted by molar-refractivity contribution is -0.115. The number of nitriles is 1. The lowest BCUT2D eigenvalue weighted by Gasteiger charge is -2.06. The summed E-state index contributed by atoms with van der Waals surface area (Å²) in [4.78, 5) is 23.8. The number of rotatable bonds is 7. The molecule has 1 aromatic carbocycles. The van der Waals surface area contributed by atoms with Gasteiger partial charge in [0.25, 0.3) is 5.91 Å². The topological polar surface area (TPSA) is 133 Å². The van der Waals surface area contributed by atoms with Gasteiger partial charge in [0.2, 0.25) is 5.91 Å². The quantitative estimate of drug-likeness (QED) is 0.585. The van der Waals surface area contributed by atoms with Gasteiger partial charge in [0.1, 0.15) is 24.2 Å². The largest absolute Gasteiger partial charge is 0.484 e. The third-order valence-corrected chi connectivity index (χ3v) is 3.45. The van der Waals surface area contributed by atoms with E-state index in [4.69, 9.17) is 14.4 Å². The third kappa shape index (κ3) is 4.73. The molecular formula is C18H15N5O4. The maximum Gasteiger partial charge on any atom is 0.287 e. The number of aromatic amines is 1. The Morgan fingerprint density at radius 3 is 2.89 bits per heavy atom. The second-order valence-corrected chi connectivity index (χ2v) is 5.38. The number of hydrogen-bond donors (Lipinski definition) is 3. The van der Waals surface area contributed by atoms with Gasteiger partial charge in [-0.05, 0) is 24.3 Å². The molecule has 3 N–H and O–H groups in total. The number of amides is 2. The summed E-state index contributed by atoms with van der Waals surface area (Å²) in [6.07, 6.45) is 2.96. The van der Waals surface area contributed by atoms with Crippen LogP contribution in [0.3, 0.4) is 0 Å². The molecule has 0 aliphatic rings. The fraction of sp³-hybridized carbons (Fsp3) is 0.111. The Kier molecular flexibility index (Phi) is 5.49. The fourth-order valence-corrected chi connectivity index (χ4v) is 2.18. The Labute approximate surface area is 153 Å². The second kappa shape index (κ2) is 8.35. The average molecular weight is 365 g/mol. The third-order valence-electron chi connectivity index (χ3n) is 3.45. The van der Waals surface area contributed by atoms with Gasteiger partial charge in [-0.3, -0.25) is 14.7 Å². The van der Waals surface area contributed by atoms with Crippen molar-refractivity contribution >= 4 is 17.5 Å². The minimum atomic E-state index is -0.527.